The van der Waals surface area contributed by atoms with Crippen LogP contribution in [0.5, 0.6) is 0 Å². The number of hydrogen-bond donors (Lipinski definition) is 1. The van der Waals surface area contributed by atoms with E-state index in [1.807, 2.05) is 11.3 Å². The van der Waals surface area contributed by atoms with Crippen LogP contribution in [0.2, 0.25) is 0 Å². The lowest BCUT2D eigenvalue weighted by atomic mass is 10.1. The molecule has 1 aromatic rings. The fourth-order valence-electron chi connectivity index (χ4n) is 2.08. The van der Waals surface area contributed by atoms with Gasteiger partial charge in [-0.3, -0.25) is 4.90 Å². The lowest BCUT2D eigenvalue weighted by molar-refractivity contribution is 0.288. The second-order valence-corrected chi connectivity index (χ2v) is 6.69. The highest BCUT2D eigenvalue weighted by molar-refractivity contribution is 7.11. The first-order valence-electron chi connectivity index (χ1n) is 6.82. The minimum Gasteiger partial charge on any atom is -0.310 e. The molecule has 0 atom stereocenters. The van der Waals surface area contributed by atoms with E-state index in [0.29, 0.717) is 6.04 Å². The molecule has 0 aliphatic carbocycles. The molecule has 1 aliphatic heterocycles. The highest BCUT2D eigenvalue weighted by atomic mass is 32.1. The van der Waals surface area contributed by atoms with Crippen molar-refractivity contribution in [1.82, 2.24) is 10.2 Å². The van der Waals surface area contributed by atoms with E-state index in [1.54, 1.807) is 5.57 Å². The SMILES string of the molecule is CC1=CCN(Cc2ccc(CNC(C)C)s2)CC1. The van der Waals surface area contributed by atoms with Crippen LogP contribution in [0.15, 0.2) is 23.8 Å². The summed E-state index contributed by atoms with van der Waals surface area (Å²) in [5.74, 6) is 0. The molecule has 2 heterocycles. The van der Waals surface area contributed by atoms with Crippen molar-refractivity contribution in [3.05, 3.63) is 33.5 Å². The standard InChI is InChI=1S/C15H24N2S/c1-12(2)16-10-14-4-5-15(18-14)11-17-8-6-13(3)7-9-17/h4-6,12,16H,7-11H2,1-3H3. The van der Waals surface area contributed by atoms with Gasteiger partial charge in [-0.05, 0) is 25.5 Å². The molecule has 0 fully saturated rings. The van der Waals surface area contributed by atoms with Crippen molar-refractivity contribution < 1.29 is 0 Å². The molecule has 100 valence electrons. The fraction of sp³-hybridized carbons (Fsp3) is 0.600. The molecular weight excluding hydrogens is 240 g/mol. The second kappa shape index (κ2) is 6.50. The zero-order valence-corrected chi connectivity index (χ0v) is 12.5. The second-order valence-electron chi connectivity index (χ2n) is 5.44. The van der Waals surface area contributed by atoms with Gasteiger partial charge in [-0.2, -0.15) is 0 Å². The summed E-state index contributed by atoms with van der Waals surface area (Å²) >= 11 is 1.94. The molecule has 0 aromatic carbocycles. The Morgan fingerprint density at radius 1 is 1.33 bits per heavy atom. The first kappa shape index (κ1) is 13.8. The summed E-state index contributed by atoms with van der Waals surface area (Å²) in [6.07, 6.45) is 3.59. The smallest absolute Gasteiger partial charge is 0.0331 e. The lowest BCUT2D eigenvalue weighted by Crippen LogP contribution is -2.27. The lowest BCUT2D eigenvalue weighted by Gasteiger charge is -2.24. The van der Waals surface area contributed by atoms with Crippen molar-refractivity contribution in [3.63, 3.8) is 0 Å². The first-order chi connectivity index (χ1) is 8.63. The number of rotatable bonds is 5. The zero-order chi connectivity index (χ0) is 13.0. The van der Waals surface area contributed by atoms with Crippen LogP contribution in [0.25, 0.3) is 0 Å². The molecule has 2 rings (SSSR count). The molecule has 0 saturated carbocycles. The first-order valence-corrected chi connectivity index (χ1v) is 7.64. The van der Waals surface area contributed by atoms with E-state index >= 15 is 0 Å². The topological polar surface area (TPSA) is 15.3 Å². The minimum atomic E-state index is 0.561. The van der Waals surface area contributed by atoms with E-state index in [-0.39, 0.29) is 0 Å². The van der Waals surface area contributed by atoms with Gasteiger partial charge in [0.1, 0.15) is 0 Å². The molecule has 18 heavy (non-hydrogen) atoms. The number of thiophene rings is 1. The minimum absolute atomic E-state index is 0.561. The van der Waals surface area contributed by atoms with Crippen molar-refractivity contribution in [3.8, 4) is 0 Å². The Morgan fingerprint density at radius 2 is 2.11 bits per heavy atom. The van der Waals surface area contributed by atoms with Crippen molar-refractivity contribution in [2.45, 2.75) is 46.3 Å². The molecule has 0 unspecified atom stereocenters. The maximum Gasteiger partial charge on any atom is 0.0331 e. The number of nitrogens with zero attached hydrogens (tertiary/aromatic N) is 1. The summed E-state index contributed by atoms with van der Waals surface area (Å²) in [7, 11) is 0. The van der Waals surface area contributed by atoms with E-state index in [4.69, 9.17) is 0 Å². The van der Waals surface area contributed by atoms with Crippen LogP contribution in [0.4, 0.5) is 0 Å². The molecule has 2 nitrogen and oxygen atoms in total. The Bertz CT molecular complexity index is 406. The summed E-state index contributed by atoms with van der Waals surface area (Å²) < 4.78 is 0. The Hall–Kier alpha value is -0.640. The summed E-state index contributed by atoms with van der Waals surface area (Å²) in [5.41, 5.74) is 1.54. The molecule has 1 N–H and O–H groups in total. The van der Waals surface area contributed by atoms with Gasteiger partial charge >= 0.3 is 0 Å². The average Bonchev–Trinajstić information content (AvgIpc) is 2.77. The average molecular weight is 264 g/mol. The van der Waals surface area contributed by atoms with Crippen LogP contribution in [0.3, 0.4) is 0 Å². The fourth-order valence-corrected chi connectivity index (χ4v) is 3.10. The van der Waals surface area contributed by atoms with Gasteiger partial charge in [-0.1, -0.05) is 25.5 Å². The van der Waals surface area contributed by atoms with E-state index in [2.05, 4.69) is 49.2 Å². The summed E-state index contributed by atoms with van der Waals surface area (Å²) in [6.45, 7) is 11.0. The quantitative estimate of drug-likeness (QED) is 0.820. The van der Waals surface area contributed by atoms with Crippen LogP contribution in [-0.4, -0.2) is 24.0 Å². The molecular formula is C15H24N2S. The molecule has 0 radical (unpaired) electrons. The van der Waals surface area contributed by atoms with E-state index in [1.165, 1.54) is 22.7 Å². The van der Waals surface area contributed by atoms with Crippen LogP contribution in [0, 0.1) is 0 Å². The molecule has 0 saturated heterocycles. The Morgan fingerprint density at radius 3 is 2.78 bits per heavy atom. The van der Waals surface area contributed by atoms with Gasteiger partial charge in [0.2, 0.25) is 0 Å². The van der Waals surface area contributed by atoms with E-state index in [9.17, 15) is 0 Å². The van der Waals surface area contributed by atoms with Crippen LogP contribution in [0.1, 0.15) is 36.9 Å². The summed E-state index contributed by atoms with van der Waals surface area (Å²) in [6, 6.07) is 5.11. The van der Waals surface area contributed by atoms with Crippen molar-refractivity contribution >= 4 is 11.3 Å². The third-order valence-electron chi connectivity index (χ3n) is 3.30. The maximum absolute atomic E-state index is 3.47. The van der Waals surface area contributed by atoms with Crippen LogP contribution < -0.4 is 5.32 Å². The number of nitrogens with one attached hydrogen (secondary N) is 1. The van der Waals surface area contributed by atoms with Gasteiger partial charge in [0, 0.05) is 42.0 Å². The maximum atomic E-state index is 3.47. The van der Waals surface area contributed by atoms with Gasteiger partial charge in [0.15, 0.2) is 0 Å². The monoisotopic (exact) mass is 264 g/mol. The molecule has 0 amide bonds. The normalized spacial score (nSPS) is 17.2. The van der Waals surface area contributed by atoms with Gasteiger partial charge in [0.05, 0.1) is 0 Å². The molecule has 0 bridgehead atoms. The Balaban J connectivity index is 1.83. The van der Waals surface area contributed by atoms with Crippen molar-refractivity contribution in [2.24, 2.45) is 0 Å². The predicted molar refractivity (Wildman–Crippen MR) is 79.9 cm³/mol. The summed E-state index contributed by atoms with van der Waals surface area (Å²) in [5, 5.41) is 3.47. The van der Waals surface area contributed by atoms with Crippen molar-refractivity contribution in [2.75, 3.05) is 13.1 Å². The highest BCUT2D eigenvalue weighted by Crippen LogP contribution is 2.20. The zero-order valence-electron chi connectivity index (χ0n) is 11.7. The van der Waals surface area contributed by atoms with Crippen LogP contribution in [-0.2, 0) is 13.1 Å². The highest BCUT2D eigenvalue weighted by Gasteiger charge is 2.10. The largest absolute Gasteiger partial charge is 0.310 e. The Labute approximate surface area is 115 Å². The third-order valence-corrected chi connectivity index (χ3v) is 4.37. The third kappa shape index (κ3) is 4.23. The van der Waals surface area contributed by atoms with Gasteiger partial charge in [-0.25, -0.2) is 0 Å². The van der Waals surface area contributed by atoms with E-state index in [0.717, 1.165) is 19.6 Å². The van der Waals surface area contributed by atoms with Crippen LogP contribution >= 0.6 is 11.3 Å². The number of hydrogen-bond acceptors (Lipinski definition) is 3. The Kier molecular flexibility index (Phi) is 4.98. The van der Waals surface area contributed by atoms with Crippen molar-refractivity contribution in [1.29, 1.82) is 0 Å². The van der Waals surface area contributed by atoms with E-state index < -0.39 is 0 Å². The van der Waals surface area contributed by atoms with Gasteiger partial charge in [-0.15, -0.1) is 11.3 Å². The molecule has 1 aliphatic rings. The molecule has 3 heteroatoms. The summed E-state index contributed by atoms with van der Waals surface area (Å²) in [4.78, 5) is 5.46. The van der Waals surface area contributed by atoms with Gasteiger partial charge < -0.3 is 5.32 Å². The molecule has 0 spiro atoms. The predicted octanol–water partition coefficient (Wildman–Crippen LogP) is 3.40. The molecule has 1 aromatic heterocycles. The van der Waals surface area contributed by atoms with Gasteiger partial charge in [0.25, 0.3) is 0 Å².